The molecule has 124 valence electrons. The molecule has 2 rings (SSSR count). The summed E-state index contributed by atoms with van der Waals surface area (Å²) in [6.45, 7) is 2.00. The molecule has 7 nitrogen and oxygen atoms in total. The third kappa shape index (κ3) is 4.64. The lowest BCUT2D eigenvalue weighted by Gasteiger charge is -2.11. The molecule has 1 aromatic carbocycles. The van der Waals surface area contributed by atoms with Gasteiger partial charge in [-0.2, -0.15) is 0 Å². The second-order valence-corrected chi connectivity index (χ2v) is 4.76. The van der Waals surface area contributed by atoms with Crippen molar-refractivity contribution in [2.75, 3.05) is 11.9 Å². The molecule has 1 heterocycles. The first kappa shape index (κ1) is 17.1. The lowest BCUT2D eigenvalue weighted by molar-refractivity contribution is -0.152. The fourth-order valence-electron chi connectivity index (χ4n) is 1.94. The van der Waals surface area contributed by atoms with Gasteiger partial charge in [-0.15, -0.1) is 0 Å². The Morgan fingerprint density at radius 1 is 1.12 bits per heavy atom. The van der Waals surface area contributed by atoms with E-state index < -0.39 is 11.9 Å². The Kier molecular flexibility index (Phi) is 6.01. The summed E-state index contributed by atoms with van der Waals surface area (Å²) in [6, 6.07) is 10.0. The average molecular weight is 327 g/mol. The van der Waals surface area contributed by atoms with E-state index in [1.165, 1.54) is 6.07 Å². The largest absolute Gasteiger partial charge is 0.459 e. The van der Waals surface area contributed by atoms with Crippen LogP contribution in [0, 0.1) is 0 Å². The minimum atomic E-state index is -0.997. The van der Waals surface area contributed by atoms with Gasteiger partial charge in [0.15, 0.2) is 0 Å². The first-order valence-electron chi connectivity index (χ1n) is 7.36. The highest BCUT2D eigenvalue weighted by Crippen LogP contribution is 2.15. The van der Waals surface area contributed by atoms with E-state index in [4.69, 9.17) is 0 Å². The first-order chi connectivity index (χ1) is 11.6. The molecule has 24 heavy (non-hydrogen) atoms. The number of rotatable bonds is 5. The molecule has 7 heteroatoms. The van der Waals surface area contributed by atoms with Crippen molar-refractivity contribution in [3.63, 3.8) is 0 Å². The van der Waals surface area contributed by atoms with Crippen molar-refractivity contribution in [1.29, 1.82) is 0 Å². The zero-order valence-electron chi connectivity index (χ0n) is 13.1. The van der Waals surface area contributed by atoms with Crippen molar-refractivity contribution < 1.29 is 19.1 Å². The predicted octanol–water partition coefficient (Wildman–Crippen LogP) is 1.51. The predicted molar refractivity (Wildman–Crippen MR) is 87.1 cm³/mol. The van der Waals surface area contributed by atoms with Gasteiger partial charge in [0.2, 0.25) is 0 Å². The summed E-state index contributed by atoms with van der Waals surface area (Å²) in [5.41, 5.74) is 1.33. The van der Waals surface area contributed by atoms with E-state index in [1.807, 2.05) is 6.07 Å². The van der Waals surface area contributed by atoms with Crippen molar-refractivity contribution in [2.24, 2.45) is 0 Å². The Morgan fingerprint density at radius 2 is 1.92 bits per heavy atom. The average Bonchev–Trinajstić information content (AvgIpc) is 2.61. The molecule has 0 spiro atoms. The van der Waals surface area contributed by atoms with E-state index in [9.17, 15) is 14.4 Å². The van der Waals surface area contributed by atoms with E-state index >= 15 is 0 Å². The number of para-hydroxylation sites is 1. The fraction of sp³-hybridized carbons (Fsp3) is 0.176. The number of pyridine rings is 1. The standard InChI is InChI=1S/C17H17N3O4/c1-2-24-17(23)16(22)20-14-8-4-3-7-13(14)15(21)19-11-12-6-5-9-18-10-12/h3-10H,2,11H2,1H3,(H,19,21)(H,20,22). The van der Waals surface area contributed by atoms with Crippen LogP contribution in [0.4, 0.5) is 5.69 Å². The van der Waals surface area contributed by atoms with Gasteiger partial charge < -0.3 is 15.4 Å². The number of hydrogen-bond donors (Lipinski definition) is 2. The summed E-state index contributed by atoms with van der Waals surface area (Å²) in [6.07, 6.45) is 3.29. The highest BCUT2D eigenvalue weighted by molar-refractivity contribution is 6.37. The van der Waals surface area contributed by atoms with Crippen LogP contribution in [0.2, 0.25) is 0 Å². The molecule has 0 unspecified atom stereocenters. The lowest BCUT2D eigenvalue weighted by Crippen LogP contribution is -2.28. The Hall–Kier alpha value is -3.22. The topological polar surface area (TPSA) is 97.4 Å². The summed E-state index contributed by atoms with van der Waals surface area (Å²) in [4.78, 5) is 39.4. The molecule has 0 radical (unpaired) electrons. The number of benzene rings is 1. The molecule has 2 amide bonds. The lowest BCUT2D eigenvalue weighted by atomic mass is 10.1. The molecule has 0 bridgehead atoms. The highest BCUT2D eigenvalue weighted by Gasteiger charge is 2.18. The molecule has 0 saturated heterocycles. The molecule has 2 aromatic rings. The van der Waals surface area contributed by atoms with Gasteiger partial charge in [0, 0.05) is 18.9 Å². The number of hydrogen-bond acceptors (Lipinski definition) is 5. The third-order valence-electron chi connectivity index (χ3n) is 3.06. The van der Waals surface area contributed by atoms with E-state index in [0.29, 0.717) is 6.54 Å². The number of carbonyl (C=O) groups excluding carboxylic acids is 3. The molecule has 0 aliphatic heterocycles. The maximum atomic E-state index is 12.3. The van der Waals surface area contributed by atoms with Gasteiger partial charge in [-0.05, 0) is 30.7 Å². The number of aromatic nitrogens is 1. The van der Waals surface area contributed by atoms with Crippen molar-refractivity contribution in [3.05, 3.63) is 59.9 Å². The van der Waals surface area contributed by atoms with Crippen molar-refractivity contribution >= 4 is 23.5 Å². The van der Waals surface area contributed by atoms with Crippen LogP contribution in [0.1, 0.15) is 22.8 Å². The van der Waals surface area contributed by atoms with Gasteiger partial charge in [0.05, 0.1) is 17.9 Å². The Bertz CT molecular complexity index is 732. The minimum Gasteiger partial charge on any atom is -0.459 e. The monoisotopic (exact) mass is 327 g/mol. The molecular formula is C17H17N3O4. The Morgan fingerprint density at radius 3 is 2.62 bits per heavy atom. The van der Waals surface area contributed by atoms with Crippen LogP contribution >= 0.6 is 0 Å². The van der Waals surface area contributed by atoms with Gasteiger partial charge in [-0.25, -0.2) is 4.79 Å². The number of nitrogens with one attached hydrogen (secondary N) is 2. The van der Waals surface area contributed by atoms with Crippen LogP contribution in [0.5, 0.6) is 0 Å². The SMILES string of the molecule is CCOC(=O)C(=O)Nc1ccccc1C(=O)NCc1cccnc1. The number of nitrogens with zero attached hydrogens (tertiary/aromatic N) is 1. The maximum Gasteiger partial charge on any atom is 0.397 e. The summed E-state index contributed by atoms with van der Waals surface area (Å²) in [5, 5.41) is 5.12. The number of ether oxygens (including phenoxy) is 1. The van der Waals surface area contributed by atoms with Crippen LogP contribution in [0.3, 0.4) is 0 Å². The normalized spacial score (nSPS) is 9.88. The number of anilines is 1. The van der Waals surface area contributed by atoms with Gasteiger partial charge in [-0.3, -0.25) is 14.6 Å². The minimum absolute atomic E-state index is 0.0967. The Balaban J connectivity index is 2.06. The molecule has 1 aromatic heterocycles. The second-order valence-electron chi connectivity index (χ2n) is 4.76. The van der Waals surface area contributed by atoms with Crippen LogP contribution in [-0.4, -0.2) is 29.4 Å². The van der Waals surface area contributed by atoms with Crippen LogP contribution in [0.15, 0.2) is 48.8 Å². The molecular weight excluding hydrogens is 310 g/mol. The molecule has 0 aliphatic carbocycles. The zero-order valence-corrected chi connectivity index (χ0v) is 13.1. The fourth-order valence-corrected chi connectivity index (χ4v) is 1.94. The van der Waals surface area contributed by atoms with E-state index in [0.717, 1.165) is 5.56 Å². The smallest absolute Gasteiger partial charge is 0.397 e. The second kappa shape index (κ2) is 8.42. The molecule has 0 saturated carbocycles. The molecule has 0 aliphatic rings. The van der Waals surface area contributed by atoms with Crippen molar-refractivity contribution in [3.8, 4) is 0 Å². The van der Waals surface area contributed by atoms with Gasteiger partial charge in [-0.1, -0.05) is 18.2 Å². The Labute approximate surface area is 139 Å². The molecule has 0 fully saturated rings. The van der Waals surface area contributed by atoms with Crippen molar-refractivity contribution in [2.45, 2.75) is 13.5 Å². The van der Waals surface area contributed by atoms with Crippen LogP contribution in [-0.2, 0) is 20.9 Å². The third-order valence-corrected chi connectivity index (χ3v) is 3.06. The first-order valence-corrected chi connectivity index (χ1v) is 7.36. The van der Waals surface area contributed by atoms with E-state index in [1.54, 1.807) is 43.6 Å². The van der Waals surface area contributed by atoms with Gasteiger partial charge in [0.1, 0.15) is 0 Å². The quantitative estimate of drug-likeness (QED) is 0.641. The summed E-state index contributed by atoms with van der Waals surface area (Å²) in [7, 11) is 0. The zero-order chi connectivity index (χ0) is 17.4. The van der Waals surface area contributed by atoms with Crippen molar-refractivity contribution in [1.82, 2.24) is 10.3 Å². The number of esters is 1. The number of carbonyl (C=O) groups is 3. The highest BCUT2D eigenvalue weighted by atomic mass is 16.5. The van der Waals surface area contributed by atoms with Crippen LogP contribution in [0.25, 0.3) is 0 Å². The molecule has 2 N–H and O–H groups in total. The summed E-state index contributed by atoms with van der Waals surface area (Å²) < 4.78 is 4.62. The maximum absolute atomic E-state index is 12.3. The molecule has 0 atom stereocenters. The van der Waals surface area contributed by atoms with E-state index in [-0.39, 0.29) is 23.8 Å². The summed E-state index contributed by atoms with van der Waals surface area (Å²) in [5.74, 6) is -2.30. The van der Waals surface area contributed by atoms with E-state index in [2.05, 4.69) is 20.4 Å². The van der Waals surface area contributed by atoms with Gasteiger partial charge >= 0.3 is 11.9 Å². The summed E-state index contributed by atoms with van der Waals surface area (Å²) >= 11 is 0. The number of amides is 2. The van der Waals surface area contributed by atoms with Gasteiger partial charge in [0.25, 0.3) is 5.91 Å². The van der Waals surface area contributed by atoms with Crippen LogP contribution < -0.4 is 10.6 Å².